The second-order valence-electron chi connectivity index (χ2n) is 4.11. The monoisotopic (exact) mass is 264 g/mol. The molecule has 0 heterocycles. The second kappa shape index (κ2) is 6.63. The standard InChI is InChI=1S/C13H20N4O2/c1-3-16-12(18)8-17(4-2)11-7-9(13(15)19)5-6-10(11)14/h5-7H,3-4,8,14H2,1-2H3,(H2,15,19)(H,16,18). The van der Waals surface area contributed by atoms with Gasteiger partial charge in [0, 0.05) is 18.7 Å². The molecule has 1 rings (SSSR count). The van der Waals surface area contributed by atoms with Crippen molar-refractivity contribution >= 4 is 23.2 Å². The van der Waals surface area contributed by atoms with Gasteiger partial charge in [0.05, 0.1) is 17.9 Å². The van der Waals surface area contributed by atoms with Crippen molar-refractivity contribution in [3.8, 4) is 0 Å². The van der Waals surface area contributed by atoms with E-state index in [9.17, 15) is 9.59 Å². The Morgan fingerprint density at radius 1 is 1.32 bits per heavy atom. The topological polar surface area (TPSA) is 101 Å². The van der Waals surface area contributed by atoms with Crippen molar-refractivity contribution in [3.05, 3.63) is 23.8 Å². The Kier molecular flexibility index (Phi) is 5.17. The number of nitrogens with zero attached hydrogens (tertiary/aromatic N) is 1. The molecule has 0 atom stereocenters. The molecule has 6 heteroatoms. The second-order valence-corrected chi connectivity index (χ2v) is 4.11. The van der Waals surface area contributed by atoms with Gasteiger partial charge >= 0.3 is 0 Å². The quantitative estimate of drug-likeness (QED) is 0.644. The first kappa shape index (κ1) is 14.8. The first-order valence-electron chi connectivity index (χ1n) is 6.20. The SMILES string of the molecule is CCNC(=O)CN(CC)c1cc(C(N)=O)ccc1N. The van der Waals surface area contributed by atoms with Gasteiger partial charge in [-0.15, -0.1) is 0 Å². The molecule has 0 spiro atoms. The van der Waals surface area contributed by atoms with Crippen molar-refractivity contribution in [1.82, 2.24) is 5.32 Å². The number of amides is 2. The Hall–Kier alpha value is -2.24. The van der Waals surface area contributed by atoms with E-state index in [-0.39, 0.29) is 12.5 Å². The van der Waals surface area contributed by atoms with E-state index in [4.69, 9.17) is 11.5 Å². The van der Waals surface area contributed by atoms with Crippen molar-refractivity contribution in [1.29, 1.82) is 0 Å². The molecule has 0 aromatic heterocycles. The highest BCUT2D eigenvalue weighted by molar-refractivity contribution is 5.95. The summed E-state index contributed by atoms with van der Waals surface area (Å²) in [7, 11) is 0. The molecule has 19 heavy (non-hydrogen) atoms. The van der Waals surface area contributed by atoms with E-state index in [0.29, 0.717) is 30.0 Å². The van der Waals surface area contributed by atoms with Crippen LogP contribution in [0, 0.1) is 0 Å². The Labute approximate surface area is 112 Å². The number of hydrogen-bond acceptors (Lipinski definition) is 4. The summed E-state index contributed by atoms with van der Waals surface area (Å²) in [5.74, 6) is -0.608. The molecule has 0 aliphatic heterocycles. The fourth-order valence-electron chi connectivity index (χ4n) is 1.76. The fraction of sp³-hybridized carbons (Fsp3) is 0.385. The average molecular weight is 264 g/mol. The predicted molar refractivity (Wildman–Crippen MR) is 75.9 cm³/mol. The van der Waals surface area contributed by atoms with Crippen LogP contribution in [0.15, 0.2) is 18.2 Å². The molecule has 1 aromatic carbocycles. The van der Waals surface area contributed by atoms with E-state index in [1.165, 1.54) is 0 Å². The van der Waals surface area contributed by atoms with Crippen LogP contribution in [0.5, 0.6) is 0 Å². The molecule has 0 saturated heterocycles. The number of likely N-dealkylation sites (N-methyl/N-ethyl adjacent to an activating group) is 2. The number of carbonyl (C=O) groups excluding carboxylic acids is 2. The van der Waals surface area contributed by atoms with Gasteiger partial charge in [-0.05, 0) is 32.0 Å². The van der Waals surface area contributed by atoms with Gasteiger partial charge in [0.1, 0.15) is 0 Å². The van der Waals surface area contributed by atoms with E-state index >= 15 is 0 Å². The molecular weight excluding hydrogens is 244 g/mol. The maximum Gasteiger partial charge on any atom is 0.248 e. The summed E-state index contributed by atoms with van der Waals surface area (Å²) in [5, 5.41) is 2.72. The third-order valence-electron chi connectivity index (χ3n) is 2.75. The Bertz CT molecular complexity index is 474. The summed E-state index contributed by atoms with van der Waals surface area (Å²) in [6, 6.07) is 4.80. The van der Waals surface area contributed by atoms with Crippen LogP contribution in [0.3, 0.4) is 0 Å². The normalized spacial score (nSPS) is 10.0. The van der Waals surface area contributed by atoms with Crippen LogP contribution in [0.25, 0.3) is 0 Å². The lowest BCUT2D eigenvalue weighted by atomic mass is 10.1. The molecule has 5 N–H and O–H groups in total. The summed E-state index contributed by atoms with van der Waals surface area (Å²) in [4.78, 5) is 24.6. The van der Waals surface area contributed by atoms with Gasteiger partial charge in [-0.1, -0.05) is 0 Å². The number of hydrogen-bond donors (Lipinski definition) is 3. The highest BCUT2D eigenvalue weighted by Crippen LogP contribution is 2.24. The van der Waals surface area contributed by atoms with Crippen LogP contribution >= 0.6 is 0 Å². The van der Waals surface area contributed by atoms with Gasteiger partial charge in [-0.2, -0.15) is 0 Å². The van der Waals surface area contributed by atoms with Crippen molar-refractivity contribution in [3.63, 3.8) is 0 Å². The summed E-state index contributed by atoms with van der Waals surface area (Å²) in [5.41, 5.74) is 12.7. The summed E-state index contributed by atoms with van der Waals surface area (Å²) >= 11 is 0. The van der Waals surface area contributed by atoms with Crippen LogP contribution in [0.4, 0.5) is 11.4 Å². The van der Waals surface area contributed by atoms with Gasteiger partial charge in [0.2, 0.25) is 11.8 Å². The summed E-state index contributed by atoms with van der Waals surface area (Å²) in [6.45, 7) is 5.14. The van der Waals surface area contributed by atoms with Crippen molar-refractivity contribution < 1.29 is 9.59 Å². The number of carbonyl (C=O) groups is 2. The van der Waals surface area contributed by atoms with Gasteiger partial charge in [0.25, 0.3) is 0 Å². The first-order chi connectivity index (χ1) is 8.99. The third kappa shape index (κ3) is 3.87. The molecule has 2 amide bonds. The van der Waals surface area contributed by atoms with Gasteiger partial charge in [-0.3, -0.25) is 9.59 Å². The average Bonchev–Trinajstić information content (AvgIpc) is 2.37. The van der Waals surface area contributed by atoms with Crippen molar-refractivity contribution in [2.45, 2.75) is 13.8 Å². The molecular formula is C13H20N4O2. The van der Waals surface area contributed by atoms with Gasteiger partial charge in [-0.25, -0.2) is 0 Å². The number of rotatable bonds is 6. The van der Waals surface area contributed by atoms with E-state index in [2.05, 4.69) is 5.32 Å². The summed E-state index contributed by atoms with van der Waals surface area (Å²) < 4.78 is 0. The maximum absolute atomic E-state index is 11.6. The van der Waals surface area contributed by atoms with E-state index < -0.39 is 5.91 Å². The zero-order valence-corrected chi connectivity index (χ0v) is 11.3. The van der Waals surface area contributed by atoms with Gasteiger partial charge in [0.15, 0.2) is 0 Å². The molecule has 0 fully saturated rings. The van der Waals surface area contributed by atoms with E-state index in [0.717, 1.165) is 0 Å². The van der Waals surface area contributed by atoms with Crippen molar-refractivity contribution in [2.75, 3.05) is 30.3 Å². The molecule has 0 radical (unpaired) electrons. The van der Waals surface area contributed by atoms with Crippen LogP contribution in [0.1, 0.15) is 24.2 Å². The lowest BCUT2D eigenvalue weighted by Crippen LogP contribution is -2.37. The molecule has 0 aliphatic rings. The van der Waals surface area contributed by atoms with Crippen LogP contribution in [0.2, 0.25) is 0 Å². The number of nitrogen functional groups attached to an aromatic ring is 1. The number of nitrogens with two attached hydrogens (primary N) is 2. The van der Waals surface area contributed by atoms with E-state index in [1.54, 1.807) is 23.1 Å². The lowest BCUT2D eigenvalue weighted by Gasteiger charge is -2.24. The van der Waals surface area contributed by atoms with Crippen molar-refractivity contribution in [2.24, 2.45) is 5.73 Å². The molecule has 0 bridgehead atoms. The zero-order valence-electron chi connectivity index (χ0n) is 11.3. The number of anilines is 2. The molecule has 0 unspecified atom stereocenters. The highest BCUT2D eigenvalue weighted by atomic mass is 16.2. The van der Waals surface area contributed by atoms with E-state index in [1.807, 2.05) is 13.8 Å². The maximum atomic E-state index is 11.6. The highest BCUT2D eigenvalue weighted by Gasteiger charge is 2.14. The molecule has 104 valence electrons. The number of benzene rings is 1. The number of primary amides is 1. The first-order valence-corrected chi connectivity index (χ1v) is 6.20. The Morgan fingerprint density at radius 3 is 2.53 bits per heavy atom. The molecule has 6 nitrogen and oxygen atoms in total. The van der Waals surface area contributed by atoms with Crippen LogP contribution < -0.4 is 21.7 Å². The minimum Gasteiger partial charge on any atom is -0.397 e. The Morgan fingerprint density at radius 2 is 2.00 bits per heavy atom. The minimum absolute atomic E-state index is 0.0896. The fourth-order valence-corrected chi connectivity index (χ4v) is 1.76. The van der Waals surface area contributed by atoms with Crippen LogP contribution in [-0.4, -0.2) is 31.4 Å². The Balaban J connectivity index is 3.00. The van der Waals surface area contributed by atoms with Crippen LogP contribution in [-0.2, 0) is 4.79 Å². The minimum atomic E-state index is -0.518. The molecule has 0 aliphatic carbocycles. The smallest absolute Gasteiger partial charge is 0.248 e. The molecule has 0 saturated carbocycles. The predicted octanol–water partition coefficient (Wildman–Crippen LogP) is 0.330. The largest absolute Gasteiger partial charge is 0.397 e. The number of nitrogens with one attached hydrogen (secondary N) is 1. The lowest BCUT2D eigenvalue weighted by molar-refractivity contribution is -0.119. The van der Waals surface area contributed by atoms with Gasteiger partial charge < -0.3 is 21.7 Å². The molecule has 1 aromatic rings. The zero-order chi connectivity index (χ0) is 14.4. The summed E-state index contributed by atoms with van der Waals surface area (Å²) in [6.07, 6.45) is 0. The third-order valence-corrected chi connectivity index (χ3v) is 2.75.